The number of hydrogen-bond donors (Lipinski definition) is 1. The summed E-state index contributed by atoms with van der Waals surface area (Å²) >= 11 is 3.41. The number of rotatable bonds is 12. The molecule has 0 saturated heterocycles. The molecule has 0 spiro atoms. The van der Waals surface area contributed by atoms with Crippen molar-refractivity contribution >= 4 is 43.5 Å². The second-order valence-electron chi connectivity index (χ2n) is 9.17. The summed E-state index contributed by atoms with van der Waals surface area (Å²) in [5, 5.41) is 2.94. The van der Waals surface area contributed by atoms with Gasteiger partial charge in [0, 0.05) is 24.0 Å². The van der Waals surface area contributed by atoms with Crippen molar-refractivity contribution in [1.29, 1.82) is 0 Å². The van der Waals surface area contributed by atoms with E-state index in [0.717, 1.165) is 33.7 Å². The third kappa shape index (κ3) is 7.91. The van der Waals surface area contributed by atoms with Crippen molar-refractivity contribution in [3.8, 4) is 0 Å². The number of aryl methyl sites for hydroxylation is 1. The number of para-hydroxylation sites is 1. The van der Waals surface area contributed by atoms with E-state index in [2.05, 4.69) is 21.2 Å². The highest BCUT2D eigenvalue weighted by molar-refractivity contribution is 9.10. The van der Waals surface area contributed by atoms with E-state index < -0.39 is 28.5 Å². The van der Waals surface area contributed by atoms with Crippen LogP contribution in [0.3, 0.4) is 0 Å². The number of nitrogens with one attached hydrogen (secondary N) is 1. The van der Waals surface area contributed by atoms with Crippen molar-refractivity contribution in [3.05, 3.63) is 100 Å². The molecule has 2 amide bonds. The molecule has 3 rings (SSSR count). The highest BCUT2D eigenvalue weighted by atomic mass is 79.9. The minimum atomic E-state index is -3.81. The first-order valence-corrected chi connectivity index (χ1v) is 15.1. The third-order valence-electron chi connectivity index (χ3n) is 6.22. The van der Waals surface area contributed by atoms with E-state index in [1.165, 1.54) is 4.90 Å². The number of benzene rings is 3. The molecule has 0 heterocycles. The largest absolute Gasteiger partial charge is 0.354 e. The van der Waals surface area contributed by atoms with Crippen LogP contribution in [0.4, 0.5) is 5.69 Å². The molecule has 0 fully saturated rings. The van der Waals surface area contributed by atoms with Gasteiger partial charge >= 0.3 is 0 Å². The molecule has 0 radical (unpaired) electrons. The maximum atomic E-state index is 14.0. The first-order valence-electron chi connectivity index (χ1n) is 12.5. The van der Waals surface area contributed by atoms with Crippen molar-refractivity contribution in [2.75, 3.05) is 23.7 Å². The van der Waals surface area contributed by atoms with Gasteiger partial charge in [-0.3, -0.25) is 13.9 Å². The van der Waals surface area contributed by atoms with Crippen LogP contribution in [0.15, 0.2) is 83.3 Å². The lowest BCUT2D eigenvalue weighted by Gasteiger charge is -2.34. The zero-order valence-corrected chi connectivity index (χ0v) is 24.3. The van der Waals surface area contributed by atoms with E-state index in [1.54, 1.807) is 24.3 Å². The predicted molar refractivity (Wildman–Crippen MR) is 155 cm³/mol. The number of halogens is 1. The van der Waals surface area contributed by atoms with Gasteiger partial charge in [-0.2, -0.15) is 0 Å². The van der Waals surface area contributed by atoms with E-state index in [0.29, 0.717) is 23.1 Å². The molecule has 0 bridgehead atoms. The number of anilines is 1. The van der Waals surface area contributed by atoms with Gasteiger partial charge in [0.25, 0.3) is 0 Å². The van der Waals surface area contributed by atoms with Gasteiger partial charge in [-0.25, -0.2) is 8.42 Å². The van der Waals surface area contributed by atoms with Gasteiger partial charge in [0.1, 0.15) is 12.6 Å². The maximum absolute atomic E-state index is 14.0. The van der Waals surface area contributed by atoms with Crippen LogP contribution >= 0.6 is 15.9 Å². The van der Waals surface area contributed by atoms with Crippen LogP contribution in [-0.4, -0.2) is 50.5 Å². The van der Waals surface area contributed by atoms with Crippen LogP contribution in [0.25, 0.3) is 0 Å². The fraction of sp³-hybridized carbons (Fsp3) is 0.310. The van der Waals surface area contributed by atoms with Gasteiger partial charge in [0.05, 0.1) is 11.9 Å². The molecule has 0 saturated carbocycles. The molecule has 0 aliphatic heterocycles. The standard InChI is InChI=1S/C29H34BrN3O4S/c1-4-18-31-29(35)27(19-23-13-6-5-7-14-23)32(20-24-15-9-8-12-22(24)2)28(34)21-33(38(3,36)37)26-17-11-10-16-25(26)30/h5-17,27H,4,18-21H2,1-3H3,(H,31,35). The highest BCUT2D eigenvalue weighted by Crippen LogP contribution is 2.28. The average Bonchev–Trinajstić information content (AvgIpc) is 2.89. The molecule has 3 aromatic rings. The predicted octanol–water partition coefficient (Wildman–Crippen LogP) is 4.69. The van der Waals surface area contributed by atoms with Gasteiger partial charge in [0.2, 0.25) is 21.8 Å². The first kappa shape index (κ1) is 29.4. The molecule has 7 nitrogen and oxygen atoms in total. The van der Waals surface area contributed by atoms with Crippen LogP contribution in [0, 0.1) is 6.92 Å². The molecular formula is C29H34BrN3O4S. The maximum Gasteiger partial charge on any atom is 0.244 e. The number of carbonyl (C=O) groups excluding carboxylic acids is 2. The van der Waals surface area contributed by atoms with Crippen LogP contribution in [0.2, 0.25) is 0 Å². The normalized spacial score (nSPS) is 12.0. The van der Waals surface area contributed by atoms with E-state index in [4.69, 9.17) is 0 Å². The molecule has 1 unspecified atom stereocenters. The molecule has 202 valence electrons. The van der Waals surface area contributed by atoms with Crippen molar-refractivity contribution in [1.82, 2.24) is 10.2 Å². The molecular weight excluding hydrogens is 566 g/mol. The molecule has 0 aliphatic rings. The Morgan fingerprint density at radius 2 is 1.58 bits per heavy atom. The summed E-state index contributed by atoms with van der Waals surface area (Å²) in [4.78, 5) is 29.0. The van der Waals surface area contributed by atoms with Gasteiger partial charge < -0.3 is 10.2 Å². The number of amides is 2. The second-order valence-corrected chi connectivity index (χ2v) is 11.9. The topological polar surface area (TPSA) is 86.8 Å². The Bertz CT molecular complexity index is 1350. The van der Waals surface area contributed by atoms with Gasteiger partial charge in [-0.05, 0) is 58.1 Å². The molecule has 1 N–H and O–H groups in total. The SMILES string of the molecule is CCCNC(=O)C(Cc1ccccc1)N(Cc1ccccc1C)C(=O)CN(c1ccccc1Br)S(C)(=O)=O. The Morgan fingerprint density at radius 1 is 0.947 bits per heavy atom. The minimum Gasteiger partial charge on any atom is -0.354 e. The van der Waals surface area contributed by atoms with E-state index >= 15 is 0 Å². The van der Waals surface area contributed by atoms with E-state index in [-0.39, 0.29) is 12.5 Å². The van der Waals surface area contributed by atoms with E-state index in [9.17, 15) is 18.0 Å². The summed E-state index contributed by atoms with van der Waals surface area (Å²) in [6.07, 6.45) is 2.11. The lowest BCUT2D eigenvalue weighted by Crippen LogP contribution is -2.53. The monoisotopic (exact) mass is 599 g/mol. The average molecular weight is 601 g/mol. The summed E-state index contributed by atoms with van der Waals surface area (Å²) in [5.41, 5.74) is 3.12. The van der Waals surface area contributed by atoms with Crippen molar-refractivity contribution in [3.63, 3.8) is 0 Å². The molecule has 1 atom stereocenters. The van der Waals surface area contributed by atoms with E-state index in [1.807, 2.05) is 68.4 Å². The Labute approximate surface area is 234 Å². The smallest absolute Gasteiger partial charge is 0.244 e. The number of carbonyl (C=O) groups is 2. The van der Waals surface area contributed by atoms with Crippen LogP contribution in [0.1, 0.15) is 30.0 Å². The molecule has 9 heteroatoms. The summed E-state index contributed by atoms with van der Waals surface area (Å²) in [5.74, 6) is -0.744. The highest BCUT2D eigenvalue weighted by Gasteiger charge is 2.33. The molecule has 0 aromatic heterocycles. The lowest BCUT2D eigenvalue weighted by molar-refractivity contribution is -0.140. The fourth-order valence-electron chi connectivity index (χ4n) is 4.14. The quantitative estimate of drug-likeness (QED) is 0.327. The molecule has 3 aromatic carbocycles. The third-order valence-corrected chi connectivity index (χ3v) is 8.02. The molecule has 38 heavy (non-hydrogen) atoms. The van der Waals surface area contributed by atoms with Gasteiger partial charge in [-0.15, -0.1) is 0 Å². The summed E-state index contributed by atoms with van der Waals surface area (Å²) in [6, 6.07) is 23.2. The number of nitrogens with zero attached hydrogens (tertiary/aromatic N) is 2. The van der Waals surface area contributed by atoms with Crippen LogP contribution in [0.5, 0.6) is 0 Å². The zero-order chi connectivity index (χ0) is 27.7. The Morgan fingerprint density at radius 3 is 2.21 bits per heavy atom. The van der Waals surface area contributed by atoms with Gasteiger partial charge in [0.15, 0.2) is 0 Å². The van der Waals surface area contributed by atoms with Crippen LogP contribution < -0.4 is 9.62 Å². The summed E-state index contributed by atoms with van der Waals surface area (Å²) < 4.78 is 27.3. The summed E-state index contributed by atoms with van der Waals surface area (Å²) in [6.45, 7) is 4.11. The van der Waals surface area contributed by atoms with Gasteiger partial charge in [-0.1, -0.05) is 73.7 Å². The van der Waals surface area contributed by atoms with Crippen molar-refractivity contribution in [2.45, 2.75) is 39.3 Å². The number of hydrogen-bond acceptors (Lipinski definition) is 4. The number of sulfonamides is 1. The summed E-state index contributed by atoms with van der Waals surface area (Å²) in [7, 11) is -3.81. The Balaban J connectivity index is 2.06. The Hall–Kier alpha value is -3.17. The molecule has 0 aliphatic carbocycles. The second kappa shape index (κ2) is 13.6. The fourth-order valence-corrected chi connectivity index (χ4v) is 5.62. The van der Waals surface area contributed by atoms with Crippen molar-refractivity contribution in [2.24, 2.45) is 0 Å². The lowest BCUT2D eigenvalue weighted by atomic mass is 10.0. The first-order chi connectivity index (χ1) is 18.1. The van der Waals surface area contributed by atoms with Crippen LogP contribution in [-0.2, 0) is 32.6 Å². The minimum absolute atomic E-state index is 0.163. The zero-order valence-electron chi connectivity index (χ0n) is 21.9. The van der Waals surface area contributed by atoms with Crippen molar-refractivity contribution < 1.29 is 18.0 Å². The Kier molecular flexibility index (Phi) is 10.5.